The number of hydrogen-bond acceptors (Lipinski definition) is 2. The fraction of sp³-hybridized carbons (Fsp3) is 0.333. The second kappa shape index (κ2) is 6.56. The predicted octanol–water partition coefficient (Wildman–Crippen LogP) is 3.33. The number of rotatable bonds is 3. The summed E-state index contributed by atoms with van der Waals surface area (Å²) in [4.78, 5) is 28.5. The molecule has 1 saturated heterocycles. The lowest BCUT2D eigenvalue weighted by Gasteiger charge is -2.22. The molecule has 0 bridgehead atoms. The summed E-state index contributed by atoms with van der Waals surface area (Å²) in [6.07, 6.45) is 3.53. The van der Waals surface area contributed by atoms with Crippen molar-refractivity contribution in [3.05, 3.63) is 59.4 Å². The Morgan fingerprint density at radius 1 is 1.12 bits per heavy atom. The summed E-state index contributed by atoms with van der Waals surface area (Å²) >= 11 is 0. The number of carbonyl (C=O) groups is 2. The third-order valence-electron chi connectivity index (χ3n) is 5.41. The summed E-state index contributed by atoms with van der Waals surface area (Å²) in [6.45, 7) is 0.391. The van der Waals surface area contributed by atoms with Crippen LogP contribution in [0.4, 0.5) is 15.8 Å². The van der Waals surface area contributed by atoms with Crippen LogP contribution >= 0.6 is 0 Å². The lowest BCUT2D eigenvalue weighted by molar-refractivity contribution is -0.124. The Kier molecular flexibility index (Phi) is 4.23. The molecular formula is C21H21FN2O2. The van der Waals surface area contributed by atoms with Crippen molar-refractivity contribution < 1.29 is 14.0 Å². The molecule has 4 rings (SSSR count). The first-order valence-corrected chi connectivity index (χ1v) is 8.98. The van der Waals surface area contributed by atoms with E-state index in [1.165, 1.54) is 28.2 Å². The molecular weight excluding hydrogens is 331 g/mol. The minimum Gasteiger partial charge on any atom is -0.315 e. The standard InChI is InChI=1S/C21H21FN2O2/c1-23(18-9-6-17(22)7-10-18)21(26)16-12-20(25)24(13-16)19-8-5-14-3-2-4-15(14)11-19/h5-11,16H,2-4,12-13H2,1H3/t16-/m1/s1. The maximum Gasteiger partial charge on any atom is 0.232 e. The summed E-state index contributed by atoms with van der Waals surface area (Å²) in [6, 6.07) is 12.0. The molecule has 0 radical (unpaired) electrons. The summed E-state index contributed by atoms with van der Waals surface area (Å²) in [5.41, 5.74) is 4.19. The zero-order valence-corrected chi connectivity index (χ0v) is 14.7. The van der Waals surface area contributed by atoms with Gasteiger partial charge in [-0.3, -0.25) is 9.59 Å². The van der Waals surface area contributed by atoms with Gasteiger partial charge in [0, 0.05) is 31.4 Å². The maximum atomic E-state index is 13.1. The second-order valence-corrected chi connectivity index (χ2v) is 7.09. The van der Waals surface area contributed by atoms with Crippen molar-refractivity contribution in [1.29, 1.82) is 0 Å². The number of benzene rings is 2. The highest BCUT2D eigenvalue weighted by Gasteiger charge is 2.37. The van der Waals surface area contributed by atoms with Gasteiger partial charge in [-0.2, -0.15) is 0 Å². The van der Waals surface area contributed by atoms with Crippen LogP contribution in [0.3, 0.4) is 0 Å². The highest BCUT2D eigenvalue weighted by atomic mass is 19.1. The third kappa shape index (κ3) is 2.98. The average molecular weight is 352 g/mol. The molecule has 4 nitrogen and oxygen atoms in total. The summed E-state index contributed by atoms with van der Waals surface area (Å²) in [7, 11) is 1.66. The fourth-order valence-electron chi connectivity index (χ4n) is 3.91. The Bertz CT molecular complexity index is 863. The quantitative estimate of drug-likeness (QED) is 0.850. The molecule has 2 amide bonds. The third-order valence-corrected chi connectivity index (χ3v) is 5.41. The van der Waals surface area contributed by atoms with Gasteiger partial charge in [0.25, 0.3) is 0 Å². The molecule has 0 saturated carbocycles. The first-order valence-electron chi connectivity index (χ1n) is 8.98. The molecule has 5 heteroatoms. The van der Waals surface area contributed by atoms with Crippen LogP contribution in [0.1, 0.15) is 24.0 Å². The molecule has 0 spiro atoms. The van der Waals surface area contributed by atoms with Crippen LogP contribution in [0.25, 0.3) is 0 Å². The Morgan fingerprint density at radius 3 is 2.62 bits per heavy atom. The SMILES string of the molecule is CN(C(=O)[C@@H]1CC(=O)N(c2ccc3c(c2)CCC3)C1)c1ccc(F)cc1. The van der Waals surface area contributed by atoms with Crippen molar-refractivity contribution >= 4 is 23.2 Å². The highest BCUT2D eigenvalue weighted by Crippen LogP contribution is 2.31. The number of nitrogens with zero attached hydrogens (tertiary/aromatic N) is 2. The van der Waals surface area contributed by atoms with Crippen LogP contribution in [0.2, 0.25) is 0 Å². The number of hydrogen-bond donors (Lipinski definition) is 0. The van der Waals surface area contributed by atoms with Gasteiger partial charge in [0.05, 0.1) is 5.92 Å². The monoisotopic (exact) mass is 352 g/mol. The Morgan fingerprint density at radius 2 is 1.85 bits per heavy atom. The number of aryl methyl sites for hydroxylation is 2. The van der Waals surface area contributed by atoms with E-state index in [1.807, 2.05) is 6.07 Å². The number of amides is 2. The molecule has 1 atom stereocenters. The van der Waals surface area contributed by atoms with E-state index in [-0.39, 0.29) is 30.0 Å². The van der Waals surface area contributed by atoms with Gasteiger partial charge in [-0.05, 0) is 66.8 Å². The van der Waals surface area contributed by atoms with E-state index < -0.39 is 0 Å². The largest absolute Gasteiger partial charge is 0.315 e. The highest BCUT2D eigenvalue weighted by molar-refractivity contribution is 6.04. The first kappa shape index (κ1) is 16.8. The molecule has 1 heterocycles. The van der Waals surface area contributed by atoms with E-state index in [4.69, 9.17) is 0 Å². The van der Waals surface area contributed by atoms with Crippen LogP contribution in [0, 0.1) is 11.7 Å². The number of carbonyl (C=O) groups excluding carboxylic acids is 2. The van der Waals surface area contributed by atoms with Crippen LogP contribution < -0.4 is 9.80 Å². The summed E-state index contributed by atoms with van der Waals surface area (Å²) < 4.78 is 13.1. The van der Waals surface area contributed by atoms with Crippen LogP contribution in [0.15, 0.2) is 42.5 Å². The van der Waals surface area contributed by atoms with E-state index in [1.54, 1.807) is 24.1 Å². The molecule has 2 aromatic carbocycles. The normalized spacial score (nSPS) is 18.9. The van der Waals surface area contributed by atoms with Gasteiger partial charge >= 0.3 is 0 Å². The molecule has 26 heavy (non-hydrogen) atoms. The van der Waals surface area contributed by atoms with Gasteiger partial charge in [0.2, 0.25) is 11.8 Å². The van der Waals surface area contributed by atoms with Crippen molar-refractivity contribution in [1.82, 2.24) is 0 Å². The zero-order chi connectivity index (χ0) is 18.3. The fourth-order valence-corrected chi connectivity index (χ4v) is 3.91. The molecule has 0 aromatic heterocycles. The Labute approximate surface area is 152 Å². The number of halogens is 1. The smallest absolute Gasteiger partial charge is 0.232 e. The van der Waals surface area contributed by atoms with Gasteiger partial charge in [0.1, 0.15) is 5.82 Å². The van der Waals surface area contributed by atoms with Gasteiger partial charge in [-0.25, -0.2) is 4.39 Å². The van der Waals surface area contributed by atoms with E-state index >= 15 is 0 Å². The van der Waals surface area contributed by atoms with Crippen LogP contribution in [-0.4, -0.2) is 25.4 Å². The topological polar surface area (TPSA) is 40.6 Å². The lowest BCUT2D eigenvalue weighted by atomic mass is 10.1. The minimum absolute atomic E-state index is 0.0196. The molecule has 2 aromatic rings. The average Bonchev–Trinajstić information content (AvgIpc) is 3.26. The van der Waals surface area contributed by atoms with Gasteiger partial charge in [0.15, 0.2) is 0 Å². The predicted molar refractivity (Wildman–Crippen MR) is 98.7 cm³/mol. The van der Waals surface area contributed by atoms with Gasteiger partial charge < -0.3 is 9.80 Å². The molecule has 1 aliphatic heterocycles. The summed E-state index contributed by atoms with van der Waals surface area (Å²) in [5.74, 6) is -0.860. The number of anilines is 2. The molecule has 1 aliphatic carbocycles. The van der Waals surface area contributed by atoms with E-state index in [2.05, 4.69) is 12.1 Å². The van der Waals surface area contributed by atoms with Crippen molar-refractivity contribution in [2.24, 2.45) is 5.92 Å². The Balaban J connectivity index is 1.50. The molecule has 1 fully saturated rings. The van der Waals surface area contributed by atoms with Crippen molar-refractivity contribution in [2.75, 3.05) is 23.4 Å². The van der Waals surface area contributed by atoms with Crippen molar-refractivity contribution in [3.8, 4) is 0 Å². The Hall–Kier alpha value is -2.69. The molecule has 134 valence electrons. The van der Waals surface area contributed by atoms with E-state index in [0.717, 1.165) is 24.9 Å². The molecule has 0 unspecified atom stereocenters. The number of fused-ring (bicyclic) bond motifs is 1. The van der Waals surface area contributed by atoms with E-state index in [0.29, 0.717) is 12.2 Å². The van der Waals surface area contributed by atoms with Gasteiger partial charge in [-0.15, -0.1) is 0 Å². The van der Waals surface area contributed by atoms with Crippen LogP contribution in [-0.2, 0) is 22.4 Å². The summed E-state index contributed by atoms with van der Waals surface area (Å²) in [5, 5.41) is 0. The minimum atomic E-state index is -0.384. The van der Waals surface area contributed by atoms with Crippen molar-refractivity contribution in [3.63, 3.8) is 0 Å². The van der Waals surface area contributed by atoms with Crippen molar-refractivity contribution in [2.45, 2.75) is 25.7 Å². The first-order chi connectivity index (χ1) is 12.5. The van der Waals surface area contributed by atoms with Crippen LogP contribution in [0.5, 0.6) is 0 Å². The molecule has 0 N–H and O–H groups in total. The lowest BCUT2D eigenvalue weighted by Crippen LogP contribution is -2.34. The second-order valence-electron chi connectivity index (χ2n) is 7.09. The maximum absolute atomic E-state index is 13.1. The molecule has 2 aliphatic rings. The van der Waals surface area contributed by atoms with Gasteiger partial charge in [-0.1, -0.05) is 6.07 Å². The zero-order valence-electron chi connectivity index (χ0n) is 14.7. The van der Waals surface area contributed by atoms with E-state index in [9.17, 15) is 14.0 Å².